The second-order valence-electron chi connectivity index (χ2n) is 5.52. The summed E-state index contributed by atoms with van der Waals surface area (Å²) in [6, 6.07) is 6.04. The van der Waals surface area contributed by atoms with Gasteiger partial charge in [-0.1, -0.05) is 25.6 Å². The first-order chi connectivity index (χ1) is 11.5. The Labute approximate surface area is 147 Å². The van der Waals surface area contributed by atoms with Crippen LogP contribution in [0.5, 0.6) is 0 Å². The molecule has 1 aliphatic rings. The molecule has 0 saturated heterocycles. The molecule has 0 saturated carbocycles. The lowest BCUT2D eigenvalue weighted by Gasteiger charge is -2.16. The Balaban J connectivity index is 2.14. The summed E-state index contributed by atoms with van der Waals surface area (Å²) in [7, 11) is 0. The Morgan fingerprint density at radius 1 is 1.42 bits per heavy atom. The average molecular weight is 363 g/mol. The molecule has 8 heteroatoms. The summed E-state index contributed by atoms with van der Waals surface area (Å²) in [5.74, 6) is 0.870. The molecule has 2 aromatic rings. The summed E-state index contributed by atoms with van der Waals surface area (Å²) in [6.07, 6.45) is 1.77. The monoisotopic (exact) mass is 363 g/mol. The summed E-state index contributed by atoms with van der Waals surface area (Å²) >= 11 is 3.10. The second kappa shape index (κ2) is 6.98. The lowest BCUT2D eigenvalue weighted by molar-refractivity contribution is -0.384. The quantitative estimate of drug-likeness (QED) is 0.349. The van der Waals surface area contributed by atoms with Crippen LogP contribution < -0.4 is 5.56 Å². The van der Waals surface area contributed by atoms with E-state index in [0.29, 0.717) is 21.0 Å². The van der Waals surface area contributed by atoms with Gasteiger partial charge in [0.2, 0.25) is 0 Å². The summed E-state index contributed by atoms with van der Waals surface area (Å²) in [4.78, 5) is 28.7. The molecule has 0 spiro atoms. The number of benzene rings is 1. The number of nitro benzene ring substituents is 1. The van der Waals surface area contributed by atoms with Crippen LogP contribution in [0.4, 0.5) is 5.69 Å². The molecule has 126 valence electrons. The molecule has 1 aromatic heterocycles. The third kappa shape index (κ3) is 3.21. The average Bonchev–Trinajstić information content (AvgIpc) is 3.04. The normalized spacial score (nSPS) is 14.4. The van der Waals surface area contributed by atoms with E-state index in [1.165, 1.54) is 23.9 Å². The third-order valence-corrected chi connectivity index (χ3v) is 6.19. The lowest BCUT2D eigenvalue weighted by atomic mass is 10.2. The van der Waals surface area contributed by atoms with Gasteiger partial charge < -0.3 is 0 Å². The number of rotatable bonds is 5. The van der Waals surface area contributed by atoms with Gasteiger partial charge >= 0.3 is 0 Å². The Hall–Kier alpha value is -1.80. The largest absolute Gasteiger partial charge is 0.272 e. The van der Waals surface area contributed by atoms with Gasteiger partial charge in [0.25, 0.3) is 11.2 Å². The van der Waals surface area contributed by atoms with Crippen LogP contribution in [0.3, 0.4) is 0 Å². The smallest absolute Gasteiger partial charge is 0.268 e. The highest BCUT2D eigenvalue weighted by Crippen LogP contribution is 2.32. The van der Waals surface area contributed by atoms with Gasteiger partial charge in [-0.2, -0.15) is 0 Å². The van der Waals surface area contributed by atoms with E-state index in [-0.39, 0.29) is 11.2 Å². The first kappa shape index (κ1) is 17.0. The topological polar surface area (TPSA) is 78.0 Å². The van der Waals surface area contributed by atoms with Crippen LogP contribution >= 0.6 is 23.5 Å². The molecule has 2 heterocycles. The number of nitro groups is 1. The van der Waals surface area contributed by atoms with E-state index in [0.717, 1.165) is 24.3 Å². The van der Waals surface area contributed by atoms with Crippen molar-refractivity contribution in [2.75, 3.05) is 5.75 Å². The van der Waals surface area contributed by atoms with Crippen LogP contribution in [0.1, 0.15) is 26.0 Å². The summed E-state index contributed by atoms with van der Waals surface area (Å²) in [5.41, 5.74) is 1.40. The van der Waals surface area contributed by atoms with Gasteiger partial charge in [-0.3, -0.25) is 19.5 Å². The van der Waals surface area contributed by atoms with Gasteiger partial charge in [0.15, 0.2) is 5.16 Å². The minimum Gasteiger partial charge on any atom is -0.268 e. The number of hydrogen-bond acceptors (Lipinski definition) is 6. The zero-order chi connectivity index (χ0) is 17.3. The summed E-state index contributed by atoms with van der Waals surface area (Å²) < 4.78 is 1.58. The Morgan fingerprint density at radius 2 is 2.12 bits per heavy atom. The molecule has 0 bridgehead atoms. The zero-order valence-electron chi connectivity index (χ0n) is 13.4. The van der Waals surface area contributed by atoms with Crippen molar-refractivity contribution in [2.45, 2.75) is 42.0 Å². The molecule has 0 fully saturated rings. The maximum absolute atomic E-state index is 12.9. The molecule has 0 radical (unpaired) electrons. The standard InChI is InChI=1S/C16H17N3O3S2/c1-3-10(2)24-16-17-13-8-9-23-14(13)15(20)18(16)11-4-6-12(7-5-11)19(21)22/h4-7,10H,3,8-9H2,1-2H3. The van der Waals surface area contributed by atoms with Crippen molar-refractivity contribution < 1.29 is 4.92 Å². The van der Waals surface area contributed by atoms with Crippen molar-refractivity contribution in [3.05, 3.63) is 50.4 Å². The number of hydrogen-bond donors (Lipinski definition) is 0. The minimum atomic E-state index is -0.446. The predicted molar refractivity (Wildman–Crippen MR) is 96.5 cm³/mol. The van der Waals surface area contributed by atoms with Crippen molar-refractivity contribution >= 4 is 29.2 Å². The maximum Gasteiger partial charge on any atom is 0.272 e. The van der Waals surface area contributed by atoms with Crippen LogP contribution in [0.2, 0.25) is 0 Å². The highest BCUT2D eigenvalue weighted by Gasteiger charge is 2.23. The van der Waals surface area contributed by atoms with E-state index >= 15 is 0 Å². The van der Waals surface area contributed by atoms with Crippen molar-refractivity contribution in [3.8, 4) is 5.69 Å². The van der Waals surface area contributed by atoms with E-state index in [2.05, 4.69) is 13.8 Å². The molecule has 1 aromatic carbocycles. The van der Waals surface area contributed by atoms with Crippen molar-refractivity contribution in [1.29, 1.82) is 0 Å². The molecule has 0 N–H and O–H groups in total. The fourth-order valence-electron chi connectivity index (χ4n) is 2.39. The molecular weight excluding hydrogens is 346 g/mol. The van der Waals surface area contributed by atoms with Gasteiger partial charge in [-0.05, 0) is 18.6 Å². The maximum atomic E-state index is 12.9. The van der Waals surface area contributed by atoms with Crippen LogP contribution in [-0.4, -0.2) is 25.5 Å². The fourth-order valence-corrected chi connectivity index (χ4v) is 4.40. The molecule has 24 heavy (non-hydrogen) atoms. The second-order valence-corrected chi connectivity index (χ2v) is 8.03. The minimum absolute atomic E-state index is 0.00595. The highest BCUT2D eigenvalue weighted by molar-refractivity contribution is 8.00. The first-order valence-electron chi connectivity index (χ1n) is 7.71. The molecule has 0 aliphatic carbocycles. The van der Waals surface area contributed by atoms with E-state index in [9.17, 15) is 14.9 Å². The van der Waals surface area contributed by atoms with E-state index in [1.54, 1.807) is 28.5 Å². The highest BCUT2D eigenvalue weighted by atomic mass is 32.2. The SMILES string of the molecule is CCC(C)Sc1nc2c(c(=O)n1-c1ccc([N+](=O)[O-])cc1)SCC2. The first-order valence-corrected chi connectivity index (χ1v) is 9.58. The number of non-ortho nitro benzene ring substituents is 1. The third-order valence-electron chi connectivity index (χ3n) is 3.87. The number of aromatic nitrogens is 2. The molecule has 1 aliphatic heterocycles. The van der Waals surface area contributed by atoms with Crippen molar-refractivity contribution in [2.24, 2.45) is 0 Å². The van der Waals surface area contributed by atoms with Gasteiger partial charge in [-0.15, -0.1) is 11.8 Å². The van der Waals surface area contributed by atoms with E-state index < -0.39 is 4.92 Å². The number of thioether (sulfide) groups is 2. The molecule has 0 amide bonds. The predicted octanol–water partition coefficient (Wildman–Crippen LogP) is 3.68. The zero-order valence-corrected chi connectivity index (χ0v) is 15.0. The molecular formula is C16H17N3O3S2. The Morgan fingerprint density at radius 3 is 2.75 bits per heavy atom. The molecule has 1 unspecified atom stereocenters. The van der Waals surface area contributed by atoms with E-state index in [4.69, 9.17) is 4.98 Å². The van der Waals surface area contributed by atoms with Crippen molar-refractivity contribution in [3.63, 3.8) is 0 Å². The Bertz CT molecular complexity index is 834. The molecule has 1 atom stereocenters. The van der Waals surface area contributed by atoms with Crippen molar-refractivity contribution in [1.82, 2.24) is 9.55 Å². The lowest BCUT2D eigenvalue weighted by Crippen LogP contribution is -2.24. The van der Waals surface area contributed by atoms with E-state index in [1.807, 2.05) is 0 Å². The van der Waals surface area contributed by atoms with Gasteiger partial charge in [0.1, 0.15) is 0 Å². The van der Waals surface area contributed by atoms with Gasteiger partial charge in [-0.25, -0.2) is 4.98 Å². The summed E-state index contributed by atoms with van der Waals surface area (Å²) in [6.45, 7) is 4.19. The van der Waals surface area contributed by atoms with Gasteiger partial charge in [0, 0.05) is 29.6 Å². The van der Waals surface area contributed by atoms with Gasteiger partial charge in [0.05, 0.1) is 21.2 Å². The van der Waals surface area contributed by atoms with Crippen LogP contribution in [0.25, 0.3) is 5.69 Å². The Kier molecular flexibility index (Phi) is 4.96. The van der Waals surface area contributed by atoms with Crippen LogP contribution in [0, 0.1) is 10.1 Å². The van der Waals surface area contributed by atoms with Crippen LogP contribution in [-0.2, 0) is 6.42 Å². The summed E-state index contributed by atoms with van der Waals surface area (Å²) in [5, 5.41) is 11.8. The molecule has 6 nitrogen and oxygen atoms in total. The fraction of sp³-hybridized carbons (Fsp3) is 0.375. The number of aryl methyl sites for hydroxylation is 1. The number of nitrogens with zero attached hydrogens (tertiary/aromatic N) is 3. The van der Waals surface area contributed by atoms with Crippen LogP contribution in [0.15, 0.2) is 39.1 Å². The number of fused-ring (bicyclic) bond motifs is 1. The molecule has 3 rings (SSSR count).